The maximum Gasteiger partial charge on any atom is 0.417 e. The van der Waals surface area contributed by atoms with Crippen molar-refractivity contribution >= 4 is 29.9 Å². The largest absolute Gasteiger partial charge is 0.497 e. The van der Waals surface area contributed by atoms with Gasteiger partial charge in [-0.3, -0.25) is 9.69 Å². The molecule has 3 amide bonds. The molecule has 3 atom stereocenters. The van der Waals surface area contributed by atoms with Crippen molar-refractivity contribution in [1.29, 1.82) is 0 Å². The maximum absolute atomic E-state index is 12.7. The van der Waals surface area contributed by atoms with Crippen LogP contribution in [-0.2, 0) is 16.1 Å². The van der Waals surface area contributed by atoms with Crippen LogP contribution in [0.3, 0.4) is 0 Å². The van der Waals surface area contributed by atoms with Gasteiger partial charge >= 0.3 is 12.2 Å². The Bertz CT molecular complexity index is 1130. The Balaban J connectivity index is 1.40. The molecule has 3 aliphatic rings. The summed E-state index contributed by atoms with van der Waals surface area (Å²) in [5, 5.41) is 11.4. The van der Waals surface area contributed by atoms with Gasteiger partial charge in [-0.2, -0.15) is 4.98 Å². The van der Waals surface area contributed by atoms with E-state index in [-0.39, 0.29) is 42.9 Å². The van der Waals surface area contributed by atoms with Gasteiger partial charge in [0, 0.05) is 12.5 Å². The number of rotatable bonds is 5. The molecule has 34 heavy (non-hydrogen) atoms. The van der Waals surface area contributed by atoms with Crippen LogP contribution >= 0.6 is 0 Å². The first kappa shape index (κ1) is 21.7. The van der Waals surface area contributed by atoms with Crippen molar-refractivity contribution in [2.24, 2.45) is 0 Å². The molecule has 178 valence electrons. The summed E-state index contributed by atoms with van der Waals surface area (Å²) in [6.07, 6.45) is 0.702. The third-order valence-electron chi connectivity index (χ3n) is 6.21. The number of anilines is 2. The average Bonchev–Trinajstić information content (AvgIpc) is 3.15. The lowest BCUT2D eigenvalue weighted by Crippen LogP contribution is -2.47. The first-order valence-corrected chi connectivity index (χ1v) is 10.9. The Labute approximate surface area is 194 Å². The van der Waals surface area contributed by atoms with Crippen molar-refractivity contribution in [1.82, 2.24) is 15.3 Å². The number of hydrogen-bond donors (Lipinski definition) is 2. The minimum Gasteiger partial charge on any atom is -0.497 e. The van der Waals surface area contributed by atoms with Gasteiger partial charge in [-0.1, -0.05) is 12.1 Å². The van der Waals surface area contributed by atoms with E-state index in [0.29, 0.717) is 30.8 Å². The topological polar surface area (TPSA) is 143 Å². The van der Waals surface area contributed by atoms with Crippen LogP contribution in [0.4, 0.5) is 21.4 Å². The Morgan fingerprint density at radius 3 is 2.79 bits per heavy atom. The van der Waals surface area contributed by atoms with Gasteiger partial charge in [-0.15, -0.1) is 0 Å². The smallest absolute Gasteiger partial charge is 0.417 e. The second kappa shape index (κ2) is 8.69. The second-order valence-electron chi connectivity index (χ2n) is 8.29. The molecule has 12 nitrogen and oxygen atoms in total. The number of carbonyl (C=O) groups is 3. The molecule has 2 N–H and O–H groups in total. The highest BCUT2D eigenvalue weighted by Crippen LogP contribution is 2.37. The summed E-state index contributed by atoms with van der Waals surface area (Å²) in [4.78, 5) is 48.1. The molecule has 2 aliphatic heterocycles. The normalized spacial score (nSPS) is 23.5. The highest BCUT2D eigenvalue weighted by molar-refractivity contribution is 5.97. The first-order valence-electron chi connectivity index (χ1n) is 10.9. The van der Waals surface area contributed by atoms with Gasteiger partial charge in [0.2, 0.25) is 5.95 Å². The Kier molecular flexibility index (Phi) is 5.56. The van der Waals surface area contributed by atoms with Crippen LogP contribution in [0.15, 0.2) is 30.5 Å². The maximum atomic E-state index is 12.7. The molecule has 2 aromatic rings. The van der Waals surface area contributed by atoms with E-state index in [2.05, 4.69) is 15.3 Å². The Morgan fingerprint density at radius 2 is 2.06 bits per heavy atom. The van der Waals surface area contributed by atoms with Crippen LogP contribution in [0.5, 0.6) is 11.5 Å². The van der Waals surface area contributed by atoms with Crippen LogP contribution in [0.1, 0.15) is 24.8 Å². The van der Waals surface area contributed by atoms with Crippen molar-refractivity contribution in [3.05, 3.63) is 36.0 Å². The zero-order valence-corrected chi connectivity index (χ0v) is 18.3. The molecule has 0 spiro atoms. The van der Waals surface area contributed by atoms with E-state index in [4.69, 9.17) is 19.3 Å². The number of amides is 3. The predicted molar refractivity (Wildman–Crippen MR) is 117 cm³/mol. The fraction of sp³-hybridized carbons (Fsp3) is 0.409. The number of ether oxygens (including phenoxy) is 3. The number of carboxylic acid groups (broad SMARTS) is 1. The molecule has 12 heteroatoms. The Hall–Kier alpha value is -4.09. The minimum atomic E-state index is -1.11. The molecule has 1 aromatic carbocycles. The van der Waals surface area contributed by atoms with E-state index in [1.54, 1.807) is 7.11 Å². The third-order valence-corrected chi connectivity index (χ3v) is 6.21. The highest BCUT2D eigenvalue weighted by Gasteiger charge is 2.47. The van der Waals surface area contributed by atoms with Gasteiger partial charge in [-0.05, 0) is 30.5 Å². The molecular formula is C22H23N5O7. The average molecular weight is 469 g/mol. The monoisotopic (exact) mass is 469 g/mol. The summed E-state index contributed by atoms with van der Waals surface area (Å²) in [5.41, 5.74) is 0.868. The Morgan fingerprint density at radius 1 is 1.26 bits per heavy atom. The molecular weight excluding hydrogens is 446 g/mol. The molecule has 3 heterocycles. The zero-order valence-electron chi connectivity index (χ0n) is 18.3. The van der Waals surface area contributed by atoms with Crippen LogP contribution in [0.25, 0.3) is 0 Å². The van der Waals surface area contributed by atoms with E-state index in [0.717, 1.165) is 5.56 Å². The lowest BCUT2D eigenvalue weighted by molar-refractivity contribution is -0.121. The van der Waals surface area contributed by atoms with Crippen molar-refractivity contribution in [3.8, 4) is 11.5 Å². The first-order chi connectivity index (χ1) is 16.4. The van der Waals surface area contributed by atoms with Crippen LogP contribution in [-0.4, -0.2) is 65.1 Å². The molecule has 0 unspecified atom stereocenters. The SMILES string of the molecule is COc1ccc(CN2C(=O)COc3cnc(N4C(=O)O[C@@H]5C[C@@H](NC(=O)O)CC[C@@H]54)nc32)cc1. The van der Waals surface area contributed by atoms with Gasteiger partial charge in [0.15, 0.2) is 18.2 Å². The molecule has 1 aromatic heterocycles. The van der Waals surface area contributed by atoms with Gasteiger partial charge in [0.05, 0.1) is 25.9 Å². The van der Waals surface area contributed by atoms with Gasteiger partial charge in [-0.25, -0.2) is 19.5 Å². The summed E-state index contributed by atoms with van der Waals surface area (Å²) in [6.45, 7) is 0.120. The van der Waals surface area contributed by atoms with Gasteiger partial charge in [0.1, 0.15) is 11.9 Å². The molecule has 1 aliphatic carbocycles. The van der Waals surface area contributed by atoms with Gasteiger partial charge < -0.3 is 24.6 Å². The fourth-order valence-corrected chi connectivity index (χ4v) is 4.57. The summed E-state index contributed by atoms with van der Waals surface area (Å²) >= 11 is 0. The molecule has 5 rings (SSSR count). The van der Waals surface area contributed by atoms with E-state index in [1.165, 1.54) is 16.0 Å². The molecule has 0 bridgehead atoms. The number of nitrogens with one attached hydrogen (secondary N) is 1. The number of hydrogen-bond acceptors (Lipinski definition) is 8. The molecule has 1 saturated carbocycles. The lowest BCUT2D eigenvalue weighted by atomic mass is 9.88. The van der Waals surface area contributed by atoms with Crippen molar-refractivity contribution in [3.63, 3.8) is 0 Å². The number of nitrogens with zero attached hydrogens (tertiary/aromatic N) is 4. The summed E-state index contributed by atoms with van der Waals surface area (Å²) in [5.74, 6) is 1.16. The summed E-state index contributed by atoms with van der Waals surface area (Å²) < 4.78 is 16.2. The van der Waals surface area contributed by atoms with Crippen LogP contribution in [0.2, 0.25) is 0 Å². The van der Waals surface area contributed by atoms with E-state index in [1.807, 2.05) is 24.3 Å². The molecule has 1 saturated heterocycles. The van der Waals surface area contributed by atoms with E-state index in [9.17, 15) is 14.4 Å². The quantitative estimate of drug-likeness (QED) is 0.671. The number of methoxy groups -OCH3 is 1. The molecule has 2 fully saturated rings. The van der Waals surface area contributed by atoms with Crippen molar-refractivity contribution < 1.29 is 33.7 Å². The number of benzene rings is 1. The molecule has 0 radical (unpaired) electrons. The summed E-state index contributed by atoms with van der Waals surface area (Å²) in [6, 6.07) is 6.71. The standard InChI is InChI=1S/C22H23N5O7/c1-32-14-5-2-12(3-6-14)10-26-18(28)11-33-17-9-23-20(25-19(17)26)27-15-7-4-13(24-21(29)30)8-16(15)34-22(27)31/h2-3,5-6,9,13,15-16,24H,4,7-8,10-11H2,1H3,(H,29,30)/t13-,15-,16+/m0/s1. The number of aromatic nitrogens is 2. The lowest BCUT2D eigenvalue weighted by Gasteiger charge is -2.32. The third kappa shape index (κ3) is 4.02. The second-order valence-corrected chi connectivity index (χ2v) is 8.29. The van der Waals surface area contributed by atoms with Crippen molar-refractivity contribution in [2.45, 2.75) is 44.0 Å². The number of fused-ring (bicyclic) bond motifs is 2. The van der Waals surface area contributed by atoms with Crippen molar-refractivity contribution in [2.75, 3.05) is 23.5 Å². The van der Waals surface area contributed by atoms with Crippen LogP contribution < -0.4 is 24.6 Å². The highest BCUT2D eigenvalue weighted by atomic mass is 16.6. The number of carbonyl (C=O) groups excluding carboxylic acids is 2. The van der Waals surface area contributed by atoms with Gasteiger partial charge in [0.25, 0.3) is 5.91 Å². The van der Waals surface area contributed by atoms with E-state index >= 15 is 0 Å². The summed E-state index contributed by atoms with van der Waals surface area (Å²) in [7, 11) is 1.58. The van der Waals surface area contributed by atoms with E-state index < -0.39 is 18.3 Å². The fourth-order valence-electron chi connectivity index (χ4n) is 4.57. The van der Waals surface area contributed by atoms with Crippen LogP contribution in [0, 0.1) is 0 Å². The minimum absolute atomic E-state index is 0.110. The predicted octanol–water partition coefficient (Wildman–Crippen LogP) is 1.92. The zero-order chi connectivity index (χ0) is 23.8.